The first-order valence-corrected chi connectivity index (χ1v) is 6.29. The number of hydrogen-bond acceptors (Lipinski definition) is 3. The summed E-state index contributed by atoms with van der Waals surface area (Å²) in [4.78, 5) is 11.6. The van der Waals surface area contributed by atoms with Crippen LogP contribution >= 0.6 is 11.8 Å². The summed E-state index contributed by atoms with van der Waals surface area (Å²) in [6.45, 7) is 4.64. The molecule has 1 atom stereocenters. The van der Waals surface area contributed by atoms with E-state index >= 15 is 0 Å². The van der Waals surface area contributed by atoms with Crippen LogP contribution in [0, 0.1) is 12.3 Å². The summed E-state index contributed by atoms with van der Waals surface area (Å²) in [6, 6.07) is 0.289. The molecule has 0 aromatic carbocycles. The second-order valence-corrected chi connectivity index (χ2v) is 5.40. The van der Waals surface area contributed by atoms with Crippen molar-refractivity contribution in [3.05, 3.63) is 0 Å². The van der Waals surface area contributed by atoms with Crippen molar-refractivity contribution in [3.8, 4) is 12.3 Å². The van der Waals surface area contributed by atoms with Gasteiger partial charge < -0.3 is 10.6 Å². The second kappa shape index (κ2) is 5.43. The number of rotatable bonds is 3. The van der Waals surface area contributed by atoms with E-state index in [1.807, 2.05) is 25.6 Å². The minimum absolute atomic E-state index is 0.0259. The molecule has 1 amide bonds. The number of thioether (sulfide) groups is 1. The summed E-state index contributed by atoms with van der Waals surface area (Å²) in [7, 11) is 0. The van der Waals surface area contributed by atoms with E-state index in [2.05, 4.69) is 16.6 Å². The number of amides is 1. The van der Waals surface area contributed by atoms with Crippen LogP contribution in [0.25, 0.3) is 0 Å². The molecule has 84 valence electrons. The van der Waals surface area contributed by atoms with Crippen molar-refractivity contribution in [2.75, 3.05) is 18.1 Å². The van der Waals surface area contributed by atoms with Crippen LogP contribution in [0.4, 0.5) is 0 Å². The van der Waals surface area contributed by atoms with Crippen LogP contribution in [0.15, 0.2) is 0 Å². The summed E-state index contributed by atoms with van der Waals surface area (Å²) >= 11 is 1.89. The lowest BCUT2D eigenvalue weighted by atomic mass is 10.1. The molecule has 4 heteroatoms. The van der Waals surface area contributed by atoms with E-state index in [9.17, 15) is 4.79 Å². The molecule has 1 unspecified atom stereocenters. The maximum atomic E-state index is 11.6. The van der Waals surface area contributed by atoms with Gasteiger partial charge >= 0.3 is 0 Å². The van der Waals surface area contributed by atoms with Crippen LogP contribution in [0.2, 0.25) is 0 Å². The molecule has 2 N–H and O–H groups in total. The molecule has 1 rings (SSSR count). The van der Waals surface area contributed by atoms with Crippen LogP contribution in [0.5, 0.6) is 0 Å². The standard InChI is InChI=1S/C11H18N2OS/c1-4-11(2,3)13-10(14)7-9-8-15-6-5-12-9/h1,9,12H,5-8H2,2-3H3,(H,13,14). The first-order valence-electron chi connectivity index (χ1n) is 5.13. The van der Waals surface area contributed by atoms with E-state index in [4.69, 9.17) is 6.42 Å². The highest BCUT2D eigenvalue weighted by Gasteiger charge is 2.21. The van der Waals surface area contributed by atoms with Crippen LogP contribution in [-0.4, -0.2) is 35.5 Å². The van der Waals surface area contributed by atoms with Gasteiger partial charge in [0.1, 0.15) is 0 Å². The molecule has 0 saturated carbocycles. The van der Waals surface area contributed by atoms with Gasteiger partial charge in [0.25, 0.3) is 0 Å². The van der Waals surface area contributed by atoms with E-state index in [0.717, 1.165) is 18.1 Å². The molecule has 0 bridgehead atoms. The van der Waals surface area contributed by atoms with Crippen molar-refractivity contribution in [3.63, 3.8) is 0 Å². The molecule has 1 aliphatic rings. The molecule has 1 aliphatic heterocycles. The lowest BCUT2D eigenvalue weighted by Crippen LogP contribution is -2.46. The maximum absolute atomic E-state index is 11.6. The molecule has 1 saturated heterocycles. The summed E-state index contributed by atoms with van der Waals surface area (Å²) in [6.07, 6.45) is 5.82. The molecule has 0 aromatic heterocycles. The van der Waals surface area contributed by atoms with Crippen LogP contribution in [-0.2, 0) is 4.79 Å². The molecule has 0 aromatic rings. The van der Waals surface area contributed by atoms with Gasteiger partial charge in [-0.2, -0.15) is 11.8 Å². The fourth-order valence-electron chi connectivity index (χ4n) is 1.41. The molecule has 0 radical (unpaired) electrons. The molecule has 1 heterocycles. The second-order valence-electron chi connectivity index (χ2n) is 4.25. The zero-order valence-electron chi connectivity index (χ0n) is 9.30. The Kier molecular flexibility index (Phi) is 4.49. The Morgan fingerprint density at radius 2 is 2.47 bits per heavy atom. The Morgan fingerprint density at radius 3 is 3.00 bits per heavy atom. The van der Waals surface area contributed by atoms with Gasteiger partial charge in [0.2, 0.25) is 5.91 Å². The Balaban J connectivity index is 2.32. The smallest absolute Gasteiger partial charge is 0.222 e. The highest BCUT2D eigenvalue weighted by Crippen LogP contribution is 2.10. The lowest BCUT2D eigenvalue weighted by Gasteiger charge is -2.25. The number of terminal acetylenes is 1. The molecule has 0 spiro atoms. The third kappa shape index (κ3) is 4.59. The van der Waals surface area contributed by atoms with Crippen LogP contribution in [0.3, 0.4) is 0 Å². The van der Waals surface area contributed by atoms with E-state index in [-0.39, 0.29) is 11.9 Å². The number of nitrogens with one attached hydrogen (secondary N) is 2. The van der Waals surface area contributed by atoms with E-state index < -0.39 is 5.54 Å². The quantitative estimate of drug-likeness (QED) is 0.693. The van der Waals surface area contributed by atoms with E-state index in [1.165, 1.54) is 0 Å². The molecule has 1 fully saturated rings. The van der Waals surface area contributed by atoms with Gasteiger partial charge in [-0.1, -0.05) is 5.92 Å². The molecular weight excluding hydrogens is 208 g/mol. The zero-order chi connectivity index (χ0) is 11.3. The Hall–Kier alpha value is -0.660. The SMILES string of the molecule is C#CC(C)(C)NC(=O)CC1CSCCN1. The van der Waals surface area contributed by atoms with Gasteiger partial charge in [-0.25, -0.2) is 0 Å². The Labute approximate surface area is 95.8 Å². The number of carbonyl (C=O) groups is 1. The average molecular weight is 226 g/mol. The average Bonchev–Trinajstić information content (AvgIpc) is 2.18. The summed E-state index contributed by atoms with van der Waals surface area (Å²) in [5, 5.41) is 6.15. The fraction of sp³-hybridized carbons (Fsp3) is 0.727. The van der Waals surface area contributed by atoms with Crippen molar-refractivity contribution >= 4 is 17.7 Å². The van der Waals surface area contributed by atoms with Crippen molar-refractivity contribution in [1.82, 2.24) is 10.6 Å². The maximum Gasteiger partial charge on any atom is 0.222 e. The molecule has 15 heavy (non-hydrogen) atoms. The van der Waals surface area contributed by atoms with Gasteiger partial charge in [0.05, 0.1) is 5.54 Å². The third-order valence-electron chi connectivity index (χ3n) is 2.24. The summed E-state index contributed by atoms with van der Waals surface area (Å²) < 4.78 is 0. The van der Waals surface area contributed by atoms with Crippen molar-refractivity contribution in [2.24, 2.45) is 0 Å². The van der Waals surface area contributed by atoms with Crippen molar-refractivity contribution < 1.29 is 4.79 Å². The monoisotopic (exact) mass is 226 g/mol. The van der Waals surface area contributed by atoms with Crippen molar-refractivity contribution in [2.45, 2.75) is 31.8 Å². The highest BCUT2D eigenvalue weighted by molar-refractivity contribution is 7.99. The summed E-state index contributed by atoms with van der Waals surface area (Å²) in [5.74, 6) is 4.71. The topological polar surface area (TPSA) is 41.1 Å². The molecule has 0 aliphatic carbocycles. The number of carbonyl (C=O) groups excluding carboxylic acids is 1. The predicted molar refractivity (Wildman–Crippen MR) is 64.8 cm³/mol. The third-order valence-corrected chi connectivity index (χ3v) is 3.37. The van der Waals surface area contributed by atoms with E-state index in [1.54, 1.807) is 0 Å². The van der Waals surface area contributed by atoms with Gasteiger partial charge in [0.15, 0.2) is 0 Å². The number of hydrogen-bond donors (Lipinski definition) is 2. The van der Waals surface area contributed by atoms with Gasteiger partial charge in [0, 0.05) is 30.5 Å². The highest BCUT2D eigenvalue weighted by atomic mass is 32.2. The van der Waals surface area contributed by atoms with Gasteiger partial charge in [-0.15, -0.1) is 6.42 Å². The van der Waals surface area contributed by atoms with Gasteiger partial charge in [-0.05, 0) is 13.8 Å². The molecular formula is C11H18N2OS. The van der Waals surface area contributed by atoms with Crippen LogP contribution < -0.4 is 10.6 Å². The largest absolute Gasteiger partial charge is 0.340 e. The van der Waals surface area contributed by atoms with Gasteiger partial charge in [-0.3, -0.25) is 4.79 Å². The zero-order valence-corrected chi connectivity index (χ0v) is 10.1. The predicted octanol–water partition coefficient (Wildman–Crippen LogP) is 0.609. The molecule has 3 nitrogen and oxygen atoms in total. The van der Waals surface area contributed by atoms with Crippen molar-refractivity contribution in [1.29, 1.82) is 0 Å². The minimum Gasteiger partial charge on any atom is -0.340 e. The normalized spacial score (nSPS) is 21.8. The van der Waals surface area contributed by atoms with Crippen LogP contribution in [0.1, 0.15) is 20.3 Å². The first kappa shape index (κ1) is 12.4. The lowest BCUT2D eigenvalue weighted by molar-refractivity contribution is -0.122. The fourth-order valence-corrected chi connectivity index (χ4v) is 2.36. The Bertz CT molecular complexity index is 264. The summed E-state index contributed by atoms with van der Waals surface area (Å²) in [5.41, 5.74) is -0.543. The first-order chi connectivity index (χ1) is 7.03. The van der Waals surface area contributed by atoms with E-state index in [0.29, 0.717) is 6.42 Å². The Morgan fingerprint density at radius 1 is 1.73 bits per heavy atom. The minimum atomic E-state index is -0.543.